The number of rotatable bonds is 5. The van der Waals surface area contributed by atoms with Gasteiger partial charge in [0.2, 0.25) is 5.88 Å². The van der Waals surface area contributed by atoms with Crippen molar-refractivity contribution in [2.45, 2.75) is 13.8 Å². The predicted molar refractivity (Wildman–Crippen MR) is 95.6 cm³/mol. The van der Waals surface area contributed by atoms with Gasteiger partial charge >= 0.3 is 0 Å². The lowest BCUT2D eigenvalue weighted by Crippen LogP contribution is -2.04. The third kappa shape index (κ3) is 3.85. The predicted octanol–water partition coefficient (Wildman–Crippen LogP) is 4.83. The number of azo groups is 1. The lowest BCUT2D eigenvalue weighted by molar-refractivity contribution is 0.0995. The van der Waals surface area contributed by atoms with Crippen molar-refractivity contribution >= 4 is 22.5 Å². The zero-order valence-electron chi connectivity index (χ0n) is 14.1. The van der Waals surface area contributed by atoms with E-state index in [1.54, 1.807) is 30.3 Å². The van der Waals surface area contributed by atoms with Crippen molar-refractivity contribution in [3.63, 3.8) is 0 Å². The number of ether oxygens (including phenoxy) is 1. The van der Waals surface area contributed by atoms with Crippen LogP contribution in [0, 0.1) is 5.92 Å². The molecule has 0 fully saturated rings. The van der Waals surface area contributed by atoms with Crippen molar-refractivity contribution in [3.8, 4) is 11.6 Å². The fourth-order valence-electron chi connectivity index (χ4n) is 2.32. The van der Waals surface area contributed by atoms with Gasteiger partial charge in [-0.05, 0) is 36.2 Å². The average molecular weight is 337 g/mol. The molecule has 6 nitrogen and oxygen atoms in total. The Bertz CT molecular complexity index is 911. The summed E-state index contributed by atoms with van der Waals surface area (Å²) in [4.78, 5) is 15.0. The number of aromatic nitrogens is 1. The van der Waals surface area contributed by atoms with E-state index in [1.807, 2.05) is 18.2 Å². The topological polar surface area (TPSA) is 87.0 Å². The van der Waals surface area contributed by atoms with E-state index >= 15 is 0 Å². The number of fused-ring (bicyclic) bond motifs is 1. The first kappa shape index (κ1) is 16.7. The molecule has 0 saturated carbocycles. The summed E-state index contributed by atoms with van der Waals surface area (Å²) in [6.07, 6.45) is 0. The van der Waals surface area contributed by atoms with Crippen molar-refractivity contribution in [1.82, 2.24) is 4.98 Å². The molecule has 1 amide bonds. The van der Waals surface area contributed by atoms with Gasteiger partial charge in [0.25, 0.3) is 5.91 Å². The molecule has 6 heteroatoms. The van der Waals surface area contributed by atoms with Crippen LogP contribution in [0.4, 0.5) is 5.69 Å². The van der Waals surface area contributed by atoms with Gasteiger partial charge in [-0.1, -0.05) is 32.0 Å². The van der Waals surface area contributed by atoms with E-state index in [-0.39, 0.29) is 11.6 Å². The standard InChI is InChI=1S/C19H19N3O3/c1-12(2)11-25-14-9-7-13(8-10-14)18(23)22-21-17-15-5-3-4-6-16(15)20-19(17)24/h3-10,12,20,24H,11H2,1-2H3. The Hall–Kier alpha value is -3.15. The second-order valence-corrected chi connectivity index (χ2v) is 6.10. The molecule has 2 aromatic carbocycles. The average Bonchev–Trinajstić information content (AvgIpc) is 2.93. The molecular formula is C19H19N3O3. The number of carbonyl (C=O) groups excluding carboxylic acids is 1. The van der Waals surface area contributed by atoms with E-state index in [1.165, 1.54) is 0 Å². The number of para-hydroxylation sites is 1. The van der Waals surface area contributed by atoms with Crippen LogP contribution in [0.3, 0.4) is 0 Å². The molecule has 0 aliphatic carbocycles. The van der Waals surface area contributed by atoms with E-state index in [4.69, 9.17) is 4.74 Å². The lowest BCUT2D eigenvalue weighted by Gasteiger charge is -2.08. The van der Waals surface area contributed by atoms with Crippen LogP contribution in [0.25, 0.3) is 10.9 Å². The zero-order chi connectivity index (χ0) is 17.8. The number of hydrogen-bond donors (Lipinski definition) is 2. The third-order valence-corrected chi connectivity index (χ3v) is 3.58. The molecule has 0 aliphatic rings. The van der Waals surface area contributed by atoms with Gasteiger partial charge in [0.05, 0.1) is 12.1 Å². The van der Waals surface area contributed by atoms with Gasteiger partial charge in [-0.15, -0.1) is 10.2 Å². The van der Waals surface area contributed by atoms with E-state index in [0.29, 0.717) is 29.2 Å². The molecule has 3 aromatic rings. The quantitative estimate of drug-likeness (QED) is 0.654. The normalized spacial score (nSPS) is 11.5. The van der Waals surface area contributed by atoms with E-state index in [0.717, 1.165) is 5.52 Å². The first-order valence-corrected chi connectivity index (χ1v) is 8.03. The zero-order valence-corrected chi connectivity index (χ0v) is 14.1. The lowest BCUT2D eigenvalue weighted by atomic mass is 10.2. The summed E-state index contributed by atoms with van der Waals surface area (Å²) in [5.74, 6) is 0.533. The number of aromatic amines is 1. The van der Waals surface area contributed by atoms with Crippen LogP contribution < -0.4 is 4.74 Å². The Morgan fingerprint density at radius 1 is 1.16 bits per heavy atom. The van der Waals surface area contributed by atoms with Crippen molar-refractivity contribution in [1.29, 1.82) is 0 Å². The molecule has 0 saturated heterocycles. The Balaban J connectivity index is 1.75. The summed E-state index contributed by atoms with van der Waals surface area (Å²) in [5, 5.41) is 18.3. The number of aromatic hydroxyl groups is 1. The van der Waals surface area contributed by atoms with Crippen LogP contribution in [0.15, 0.2) is 58.8 Å². The second-order valence-electron chi connectivity index (χ2n) is 6.10. The number of amides is 1. The Morgan fingerprint density at radius 2 is 1.88 bits per heavy atom. The van der Waals surface area contributed by atoms with Crippen molar-refractivity contribution in [3.05, 3.63) is 54.1 Å². The van der Waals surface area contributed by atoms with Crippen LogP contribution in [0.1, 0.15) is 24.2 Å². The molecule has 0 spiro atoms. The molecule has 1 heterocycles. The minimum absolute atomic E-state index is 0.116. The van der Waals surface area contributed by atoms with Gasteiger partial charge in [0.1, 0.15) is 5.75 Å². The molecule has 0 unspecified atom stereocenters. The van der Waals surface area contributed by atoms with Gasteiger partial charge in [0.15, 0.2) is 5.69 Å². The van der Waals surface area contributed by atoms with E-state index in [2.05, 4.69) is 29.1 Å². The molecule has 2 N–H and O–H groups in total. The molecule has 128 valence electrons. The third-order valence-electron chi connectivity index (χ3n) is 3.58. The summed E-state index contributed by atoms with van der Waals surface area (Å²) in [7, 11) is 0. The van der Waals surface area contributed by atoms with Gasteiger partial charge in [0, 0.05) is 10.9 Å². The minimum Gasteiger partial charge on any atom is -0.493 e. The minimum atomic E-state index is -0.486. The van der Waals surface area contributed by atoms with Crippen LogP contribution in [0.2, 0.25) is 0 Å². The summed E-state index contributed by atoms with van der Waals surface area (Å²) in [5.41, 5.74) is 1.38. The van der Waals surface area contributed by atoms with Gasteiger partial charge < -0.3 is 14.8 Å². The van der Waals surface area contributed by atoms with Crippen LogP contribution in [-0.2, 0) is 0 Å². The first-order chi connectivity index (χ1) is 12.0. The number of nitrogens with one attached hydrogen (secondary N) is 1. The summed E-state index contributed by atoms with van der Waals surface area (Å²) in [6.45, 7) is 4.75. The Labute approximate surface area is 145 Å². The largest absolute Gasteiger partial charge is 0.493 e. The van der Waals surface area contributed by atoms with E-state index in [9.17, 15) is 9.90 Å². The highest BCUT2D eigenvalue weighted by Gasteiger charge is 2.11. The van der Waals surface area contributed by atoms with Crippen molar-refractivity contribution in [2.24, 2.45) is 16.1 Å². The molecule has 25 heavy (non-hydrogen) atoms. The highest BCUT2D eigenvalue weighted by Crippen LogP contribution is 2.35. The Morgan fingerprint density at radius 3 is 2.60 bits per heavy atom. The maximum atomic E-state index is 12.2. The smallest absolute Gasteiger partial charge is 0.295 e. The fourth-order valence-corrected chi connectivity index (χ4v) is 2.32. The molecular weight excluding hydrogens is 318 g/mol. The van der Waals surface area contributed by atoms with E-state index < -0.39 is 5.91 Å². The van der Waals surface area contributed by atoms with Crippen molar-refractivity contribution < 1.29 is 14.6 Å². The fraction of sp³-hybridized carbons (Fsp3) is 0.211. The van der Waals surface area contributed by atoms with Gasteiger partial charge in [-0.25, -0.2) is 0 Å². The van der Waals surface area contributed by atoms with Crippen LogP contribution in [-0.4, -0.2) is 22.6 Å². The number of carbonyl (C=O) groups is 1. The summed E-state index contributed by atoms with van der Waals surface area (Å²) in [6, 6.07) is 14.0. The first-order valence-electron chi connectivity index (χ1n) is 8.03. The maximum Gasteiger partial charge on any atom is 0.295 e. The summed E-state index contributed by atoms with van der Waals surface area (Å²) >= 11 is 0. The summed E-state index contributed by atoms with van der Waals surface area (Å²) < 4.78 is 5.58. The molecule has 0 atom stereocenters. The molecule has 0 radical (unpaired) electrons. The molecule has 3 rings (SSSR count). The SMILES string of the molecule is CC(C)COc1ccc(C(=O)N=Nc2c(O)[nH]c3ccccc23)cc1. The van der Waals surface area contributed by atoms with Crippen LogP contribution >= 0.6 is 0 Å². The van der Waals surface area contributed by atoms with Crippen LogP contribution in [0.5, 0.6) is 11.6 Å². The Kier molecular flexibility index (Phi) is 4.79. The van der Waals surface area contributed by atoms with Gasteiger partial charge in [-0.2, -0.15) is 0 Å². The number of hydrogen-bond acceptors (Lipinski definition) is 4. The number of benzene rings is 2. The monoisotopic (exact) mass is 337 g/mol. The highest BCUT2D eigenvalue weighted by molar-refractivity contribution is 5.97. The second kappa shape index (κ2) is 7.17. The maximum absolute atomic E-state index is 12.2. The molecule has 0 aliphatic heterocycles. The molecule has 1 aromatic heterocycles. The highest BCUT2D eigenvalue weighted by atomic mass is 16.5. The number of H-pyrrole nitrogens is 1. The van der Waals surface area contributed by atoms with Crippen molar-refractivity contribution in [2.75, 3.05) is 6.61 Å². The molecule has 0 bridgehead atoms. The van der Waals surface area contributed by atoms with Gasteiger partial charge in [-0.3, -0.25) is 4.79 Å². The number of nitrogens with zero attached hydrogens (tertiary/aromatic N) is 2.